The average molecular weight is 288 g/mol. The van der Waals surface area contributed by atoms with Gasteiger partial charge in [-0.2, -0.15) is 15.0 Å². The van der Waals surface area contributed by atoms with E-state index in [0.717, 1.165) is 25.3 Å². The zero-order valence-electron chi connectivity index (χ0n) is 12.3. The van der Waals surface area contributed by atoms with E-state index in [9.17, 15) is 0 Å². The zero-order chi connectivity index (χ0) is 14.8. The van der Waals surface area contributed by atoms with E-state index < -0.39 is 0 Å². The second kappa shape index (κ2) is 5.65. The number of nitrogens with zero attached hydrogens (tertiary/aromatic N) is 6. The molecule has 1 aliphatic heterocycles. The van der Waals surface area contributed by atoms with Crippen LogP contribution in [0.25, 0.3) is 5.95 Å². The minimum absolute atomic E-state index is 0.356. The molecule has 2 unspecified atom stereocenters. The molecule has 0 aromatic carbocycles. The highest BCUT2D eigenvalue weighted by atomic mass is 15.4. The smallest absolute Gasteiger partial charge is 0.243 e. The third-order valence-corrected chi connectivity index (χ3v) is 3.87. The highest BCUT2D eigenvalue weighted by Gasteiger charge is 2.25. The number of nitrogens with one attached hydrogen (secondary N) is 1. The highest BCUT2D eigenvalue weighted by Crippen LogP contribution is 2.26. The fourth-order valence-corrected chi connectivity index (χ4v) is 2.74. The van der Waals surface area contributed by atoms with Crippen LogP contribution < -0.4 is 16.2 Å². The van der Waals surface area contributed by atoms with Crippen molar-refractivity contribution in [3.63, 3.8) is 0 Å². The third-order valence-electron chi connectivity index (χ3n) is 3.87. The van der Waals surface area contributed by atoms with Crippen molar-refractivity contribution in [1.82, 2.24) is 24.5 Å². The molecular formula is C13H20N8. The second-order valence-electron chi connectivity index (χ2n) is 5.55. The first-order valence-corrected chi connectivity index (χ1v) is 7.15. The van der Waals surface area contributed by atoms with Gasteiger partial charge in [0.15, 0.2) is 0 Å². The van der Waals surface area contributed by atoms with Crippen molar-refractivity contribution in [3.8, 4) is 5.95 Å². The predicted molar refractivity (Wildman–Crippen MR) is 80.0 cm³/mol. The molecule has 0 saturated carbocycles. The van der Waals surface area contributed by atoms with Gasteiger partial charge in [-0.05, 0) is 25.7 Å². The zero-order valence-corrected chi connectivity index (χ0v) is 12.3. The molecule has 1 fully saturated rings. The average Bonchev–Trinajstić information content (AvgIpc) is 3.01. The topological polar surface area (TPSA) is 97.8 Å². The molecule has 2 atom stereocenters. The van der Waals surface area contributed by atoms with Crippen LogP contribution in [-0.2, 0) is 0 Å². The van der Waals surface area contributed by atoms with Crippen LogP contribution >= 0.6 is 0 Å². The molecule has 2 aromatic rings. The maximum Gasteiger partial charge on any atom is 0.243 e. The van der Waals surface area contributed by atoms with Gasteiger partial charge in [-0.1, -0.05) is 6.92 Å². The molecule has 0 aliphatic carbocycles. The monoisotopic (exact) mass is 288 g/mol. The fourth-order valence-electron chi connectivity index (χ4n) is 2.74. The van der Waals surface area contributed by atoms with Crippen molar-refractivity contribution in [2.75, 3.05) is 16.9 Å². The third kappa shape index (κ3) is 2.80. The number of nitrogen functional groups attached to an aromatic ring is 1. The first-order valence-electron chi connectivity index (χ1n) is 7.15. The lowest BCUT2D eigenvalue weighted by atomic mass is 9.94. The van der Waals surface area contributed by atoms with Crippen molar-refractivity contribution in [2.45, 2.75) is 32.7 Å². The van der Waals surface area contributed by atoms with E-state index in [1.165, 1.54) is 0 Å². The van der Waals surface area contributed by atoms with Gasteiger partial charge >= 0.3 is 0 Å². The lowest BCUT2D eigenvalue weighted by Gasteiger charge is -2.36. The van der Waals surface area contributed by atoms with Gasteiger partial charge in [0.2, 0.25) is 17.8 Å². The SMILES string of the molecule is CC1CCN(c2nc(NN)nc(-n3ccnc3)n2)C(C)C1. The number of rotatable bonds is 3. The summed E-state index contributed by atoms with van der Waals surface area (Å²) in [4.78, 5) is 19.4. The van der Waals surface area contributed by atoms with E-state index in [1.54, 1.807) is 23.3 Å². The lowest BCUT2D eigenvalue weighted by Crippen LogP contribution is -2.41. The quantitative estimate of drug-likeness (QED) is 0.641. The number of imidazole rings is 1. The lowest BCUT2D eigenvalue weighted by molar-refractivity contribution is 0.373. The molecule has 2 aromatic heterocycles. The summed E-state index contributed by atoms with van der Waals surface area (Å²) >= 11 is 0. The van der Waals surface area contributed by atoms with Crippen LogP contribution in [0.5, 0.6) is 0 Å². The van der Waals surface area contributed by atoms with Crippen molar-refractivity contribution in [2.24, 2.45) is 11.8 Å². The van der Waals surface area contributed by atoms with E-state index >= 15 is 0 Å². The first kappa shape index (κ1) is 13.7. The Kier molecular flexibility index (Phi) is 3.70. The molecule has 1 saturated heterocycles. The number of hydrogen-bond donors (Lipinski definition) is 2. The Morgan fingerprint density at radius 2 is 2.05 bits per heavy atom. The van der Waals surface area contributed by atoms with Crippen LogP contribution in [0.3, 0.4) is 0 Å². The maximum atomic E-state index is 5.48. The molecule has 3 N–H and O–H groups in total. The molecule has 8 nitrogen and oxygen atoms in total. The minimum Gasteiger partial charge on any atom is -0.338 e. The van der Waals surface area contributed by atoms with Gasteiger partial charge in [0.05, 0.1) is 0 Å². The van der Waals surface area contributed by atoms with Gasteiger partial charge in [0, 0.05) is 25.0 Å². The molecule has 3 heterocycles. The number of nitrogens with two attached hydrogens (primary N) is 1. The standard InChI is InChI=1S/C13H20N8/c1-9-3-5-21(10(2)7-9)13-17-11(19-14)16-12(18-13)20-6-4-15-8-20/h4,6,8-10H,3,5,7,14H2,1-2H3,(H,16,17,18,19). The van der Waals surface area contributed by atoms with Gasteiger partial charge in [-0.25, -0.2) is 10.8 Å². The predicted octanol–water partition coefficient (Wildman–Crippen LogP) is 0.968. The van der Waals surface area contributed by atoms with Crippen LogP contribution in [0.2, 0.25) is 0 Å². The molecule has 0 radical (unpaired) electrons. The van der Waals surface area contributed by atoms with Crippen molar-refractivity contribution < 1.29 is 0 Å². The largest absolute Gasteiger partial charge is 0.338 e. The molecule has 8 heteroatoms. The van der Waals surface area contributed by atoms with Gasteiger partial charge in [0.25, 0.3) is 0 Å². The van der Waals surface area contributed by atoms with E-state index in [4.69, 9.17) is 5.84 Å². The van der Waals surface area contributed by atoms with E-state index in [1.807, 2.05) is 0 Å². The molecular weight excluding hydrogens is 268 g/mol. The normalized spacial score (nSPS) is 22.3. The van der Waals surface area contributed by atoms with Crippen molar-refractivity contribution in [1.29, 1.82) is 0 Å². The molecule has 1 aliphatic rings. The Balaban J connectivity index is 1.96. The van der Waals surface area contributed by atoms with E-state index in [-0.39, 0.29) is 0 Å². The fraction of sp³-hybridized carbons (Fsp3) is 0.538. The van der Waals surface area contributed by atoms with Gasteiger partial charge in [-0.3, -0.25) is 9.99 Å². The number of aromatic nitrogens is 5. The van der Waals surface area contributed by atoms with Crippen LogP contribution in [0, 0.1) is 5.92 Å². The number of piperidine rings is 1. The van der Waals surface area contributed by atoms with Crippen LogP contribution in [0.4, 0.5) is 11.9 Å². The van der Waals surface area contributed by atoms with Crippen LogP contribution in [-0.4, -0.2) is 37.1 Å². The molecule has 21 heavy (non-hydrogen) atoms. The number of anilines is 2. The summed E-state index contributed by atoms with van der Waals surface area (Å²) in [6.45, 7) is 5.43. The summed E-state index contributed by atoms with van der Waals surface area (Å²) in [6, 6.07) is 0.400. The van der Waals surface area contributed by atoms with E-state index in [2.05, 4.69) is 44.1 Å². The second-order valence-corrected chi connectivity index (χ2v) is 5.55. The Morgan fingerprint density at radius 3 is 2.71 bits per heavy atom. The maximum absolute atomic E-state index is 5.48. The van der Waals surface area contributed by atoms with Crippen molar-refractivity contribution >= 4 is 11.9 Å². The summed E-state index contributed by atoms with van der Waals surface area (Å²) in [5.74, 6) is 7.74. The van der Waals surface area contributed by atoms with Gasteiger partial charge < -0.3 is 4.90 Å². The number of hydrogen-bond acceptors (Lipinski definition) is 7. The molecule has 3 rings (SSSR count). The first-order chi connectivity index (χ1) is 10.2. The minimum atomic E-state index is 0.356. The summed E-state index contributed by atoms with van der Waals surface area (Å²) in [5.41, 5.74) is 2.51. The summed E-state index contributed by atoms with van der Waals surface area (Å²) in [7, 11) is 0. The molecule has 0 amide bonds. The number of hydrazine groups is 1. The van der Waals surface area contributed by atoms with Gasteiger partial charge in [0.1, 0.15) is 6.33 Å². The summed E-state index contributed by atoms with van der Waals surface area (Å²) in [6.07, 6.45) is 7.41. The molecule has 112 valence electrons. The Hall–Kier alpha value is -2.22. The summed E-state index contributed by atoms with van der Waals surface area (Å²) in [5, 5.41) is 0. The Labute approximate surface area is 123 Å². The molecule has 0 spiro atoms. The summed E-state index contributed by atoms with van der Waals surface area (Å²) < 4.78 is 1.74. The Bertz CT molecular complexity index is 596. The molecule has 0 bridgehead atoms. The van der Waals surface area contributed by atoms with E-state index in [0.29, 0.717) is 23.9 Å². The Morgan fingerprint density at radius 1 is 1.24 bits per heavy atom. The van der Waals surface area contributed by atoms with Gasteiger partial charge in [-0.15, -0.1) is 0 Å². The highest BCUT2D eigenvalue weighted by molar-refractivity contribution is 5.40. The van der Waals surface area contributed by atoms with Crippen LogP contribution in [0.15, 0.2) is 18.7 Å². The van der Waals surface area contributed by atoms with Crippen molar-refractivity contribution in [3.05, 3.63) is 18.7 Å². The van der Waals surface area contributed by atoms with Crippen LogP contribution in [0.1, 0.15) is 26.7 Å².